The largest absolute Gasteiger partial charge is 0.359 e. The van der Waals surface area contributed by atoms with Crippen LogP contribution in [0.1, 0.15) is 59.5 Å². The van der Waals surface area contributed by atoms with Gasteiger partial charge in [-0.25, -0.2) is 0 Å². The molecule has 2 fully saturated rings. The standard InChI is InChI=1S/C28H28N4O2/c33-24(20-9-3-1-4-10-20)17-25-31-27(28(34)32(25)23-13-5-2-6-14-23)26(21-11-7-15-29-18-21)22-12-8-16-30-19-22/h1,3-4,7-12,15-19,23,26-27,31H,2,5-6,13-14H2. The Morgan fingerprint density at radius 2 is 1.56 bits per heavy atom. The predicted molar refractivity (Wildman–Crippen MR) is 130 cm³/mol. The predicted octanol–water partition coefficient (Wildman–Crippen LogP) is 4.47. The van der Waals surface area contributed by atoms with Crippen LogP contribution in [0.15, 0.2) is 91.3 Å². The zero-order chi connectivity index (χ0) is 23.3. The SMILES string of the molecule is O=C(C=C1NC(C(c2cccnc2)c2cccnc2)C(=O)N1C1CCCCC1)c1ccccc1. The fourth-order valence-corrected chi connectivity index (χ4v) is 5.12. The van der Waals surface area contributed by atoms with Gasteiger partial charge >= 0.3 is 0 Å². The minimum Gasteiger partial charge on any atom is -0.359 e. The van der Waals surface area contributed by atoms with E-state index < -0.39 is 6.04 Å². The van der Waals surface area contributed by atoms with E-state index in [1.807, 2.05) is 47.4 Å². The molecule has 5 rings (SSSR count). The summed E-state index contributed by atoms with van der Waals surface area (Å²) in [5, 5.41) is 3.45. The summed E-state index contributed by atoms with van der Waals surface area (Å²) in [5.74, 6) is 0.195. The van der Waals surface area contributed by atoms with E-state index in [0.29, 0.717) is 11.4 Å². The van der Waals surface area contributed by atoms with Crippen molar-refractivity contribution in [3.8, 4) is 0 Å². The van der Waals surface area contributed by atoms with Gasteiger partial charge in [-0.2, -0.15) is 0 Å². The Morgan fingerprint density at radius 1 is 0.912 bits per heavy atom. The van der Waals surface area contributed by atoms with Crippen molar-refractivity contribution in [1.29, 1.82) is 0 Å². The minimum absolute atomic E-state index is 0.00304. The Bertz CT molecular complexity index is 1120. The molecule has 172 valence electrons. The van der Waals surface area contributed by atoms with Gasteiger partial charge in [0.1, 0.15) is 11.9 Å². The topological polar surface area (TPSA) is 75.2 Å². The minimum atomic E-state index is -0.551. The highest BCUT2D eigenvalue weighted by atomic mass is 16.2. The molecule has 3 heterocycles. The average Bonchev–Trinajstić information content (AvgIpc) is 3.21. The summed E-state index contributed by atoms with van der Waals surface area (Å²) < 4.78 is 0. The van der Waals surface area contributed by atoms with E-state index in [1.54, 1.807) is 43.0 Å². The number of nitrogens with one attached hydrogen (secondary N) is 1. The number of rotatable bonds is 6. The molecule has 1 saturated carbocycles. The van der Waals surface area contributed by atoms with Crippen molar-refractivity contribution >= 4 is 11.7 Å². The molecule has 2 aromatic heterocycles. The number of carbonyl (C=O) groups excluding carboxylic acids is 2. The molecule has 1 saturated heterocycles. The summed E-state index contributed by atoms with van der Waals surface area (Å²) in [6, 6.07) is 16.5. The summed E-state index contributed by atoms with van der Waals surface area (Å²) in [4.78, 5) is 37.5. The van der Waals surface area contributed by atoms with Crippen LogP contribution in [0.5, 0.6) is 0 Å². The number of amides is 1. The summed E-state index contributed by atoms with van der Waals surface area (Å²) in [5.41, 5.74) is 2.47. The summed E-state index contributed by atoms with van der Waals surface area (Å²) in [7, 11) is 0. The van der Waals surface area contributed by atoms with Gasteiger partial charge in [-0.1, -0.05) is 61.7 Å². The molecule has 1 aliphatic heterocycles. The molecule has 6 nitrogen and oxygen atoms in total. The third kappa shape index (κ3) is 4.49. The van der Waals surface area contributed by atoms with E-state index >= 15 is 0 Å². The van der Waals surface area contributed by atoms with E-state index in [2.05, 4.69) is 15.3 Å². The summed E-state index contributed by atoms with van der Waals surface area (Å²) in [6.45, 7) is 0. The van der Waals surface area contributed by atoms with Crippen LogP contribution >= 0.6 is 0 Å². The molecule has 0 radical (unpaired) electrons. The normalized spacial score (nSPS) is 20.0. The van der Waals surface area contributed by atoms with Crippen LogP contribution in [-0.4, -0.2) is 38.6 Å². The fourth-order valence-electron chi connectivity index (χ4n) is 5.12. The van der Waals surface area contributed by atoms with Crippen molar-refractivity contribution in [3.05, 3.63) is 108 Å². The number of allylic oxidation sites excluding steroid dienone is 1. The van der Waals surface area contributed by atoms with Gasteiger partial charge in [0, 0.05) is 48.4 Å². The third-order valence-electron chi connectivity index (χ3n) is 6.75. The van der Waals surface area contributed by atoms with Crippen molar-refractivity contribution in [3.63, 3.8) is 0 Å². The number of pyridine rings is 2. The monoisotopic (exact) mass is 452 g/mol. The maximum Gasteiger partial charge on any atom is 0.251 e. The number of hydrogen-bond acceptors (Lipinski definition) is 5. The highest BCUT2D eigenvalue weighted by molar-refractivity contribution is 6.05. The quantitative estimate of drug-likeness (QED) is 0.441. The first-order valence-electron chi connectivity index (χ1n) is 11.9. The Morgan fingerprint density at radius 3 is 2.15 bits per heavy atom. The van der Waals surface area contributed by atoms with Crippen LogP contribution < -0.4 is 5.32 Å². The molecular formula is C28H28N4O2. The van der Waals surface area contributed by atoms with Gasteiger partial charge in [0.05, 0.1) is 0 Å². The maximum atomic E-state index is 14.0. The lowest BCUT2D eigenvalue weighted by Crippen LogP contribution is -2.41. The Kier molecular flexibility index (Phi) is 6.47. The third-order valence-corrected chi connectivity index (χ3v) is 6.75. The van der Waals surface area contributed by atoms with E-state index in [1.165, 1.54) is 6.42 Å². The first-order chi connectivity index (χ1) is 16.7. The highest BCUT2D eigenvalue weighted by Crippen LogP contribution is 2.36. The van der Waals surface area contributed by atoms with Gasteiger partial charge in [-0.05, 0) is 36.1 Å². The molecule has 0 spiro atoms. The fraction of sp³-hybridized carbons (Fsp3) is 0.286. The van der Waals surface area contributed by atoms with Crippen molar-refractivity contribution in [2.75, 3.05) is 0 Å². The highest BCUT2D eigenvalue weighted by Gasteiger charge is 2.44. The van der Waals surface area contributed by atoms with Gasteiger partial charge in [0.15, 0.2) is 5.78 Å². The zero-order valence-corrected chi connectivity index (χ0v) is 19.0. The van der Waals surface area contributed by atoms with Crippen LogP contribution in [0.3, 0.4) is 0 Å². The molecule has 2 aliphatic rings. The molecule has 34 heavy (non-hydrogen) atoms. The Balaban J connectivity index is 1.55. The number of carbonyl (C=O) groups is 2. The van der Waals surface area contributed by atoms with Crippen LogP contribution in [0.4, 0.5) is 0 Å². The molecule has 1 unspecified atom stereocenters. The molecule has 1 amide bonds. The maximum absolute atomic E-state index is 14.0. The van der Waals surface area contributed by atoms with Crippen molar-refractivity contribution in [2.24, 2.45) is 0 Å². The van der Waals surface area contributed by atoms with Crippen molar-refractivity contribution in [1.82, 2.24) is 20.2 Å². The van der Waals surface area contributed by atoms with Crippen LogP contribution in [-0.2, 0) is 4.79 Å². The lowest BCUT2D eigenvalue weighted by molar-refractivity contribution is -0.130. The lowest BCUT2D eigenvalue weighted by atomic mass is 9.86. The smallest absolute Gasteiger partial charge is 0.251 e. The number of hydrogen-bond donors (Lipinski definition) is 1. The lowest BCUT2D eigenvalue weighted by Gasteiger charge is -2.31. The Hall–Kier alpha value is -3.80. The number of nitrogens with zero attached hydrogens (tertiary/aromatic N) is 3. The first kappa shape index (κ1) is 22.0. The second kappa shape index (κ2) is 10.00. The van der Waals surface area contributed by atoms with Crippen LogP contribution in [0.25, 0.3) is 0 Å². The number of aromatic nitrogens is 2. The van der Waals surface area contributed by atoms with Gasteiger partial charge in [-0.15, -0.1) is 0 Å². The van der Waals surface area contributed by atoms with Gasteiger partial charge in [0.25, 0.3) is 5.91 Å². The second-order valence-electron chi connectivity index (χ2n) is 8.93. The molecule has 6 heteroatoms. The van der Waals surface area contributed by atoms with Crippen LogP contribution in [0.2, 0.25) is 0 Å². The van der Waals surface area contributed by atoms with E-state index in [4.69, 9.17) is 0 Å². The number of ketones is 1. The van der Waals surface area contributed by atoms with E-state index in [0.717, 1.165) is 36.8 Å². The van der Waals surface area contributed by atoms with Gasteiger partial charge in [0.2, 0.25) is 0 Å². The first-order valence-corrected chi connectivity index (χ1v) is 11.9. The molecule has 1 atom stereocenters. The molecular weight excluding hydrogens is 424 g/mol. The molecule has 1 N–H and O–H groups in total. The zero-order valence-electron chi connectivity index (χ0n) is 19.0. The molecule has 1 aliphatic carbocycles. The molecule has 3 aromatic rings. The summed E-state index contributed by atoms with van der Waals surface area (Å²) in [6.07, 6.45) is 13.9. The van der Waals surface area contributed by atoms with Crippen molar-refractivity contribution in [2.45, 2.75) is 50.1 Å². The second-order valence-corrected chi connectivity index (χ2v) is 8.93. The van der Waals surface area contributed by atoms with Crippen LogP contribution in [0, 0.1) is 0 Å². The van der Waals surface area contributed by atoms with Gasteiger partial charge < -0.3 is 5.32 Å². The number of benzene rings is 1. The van der Waals surface area contributed by atoms with Crippen molar-refractivity contribution < 1.29 is 9.59 Å². The van der Waals surface area contributed by atoms with Gasteiger partial charge in [-0.3, -0.25) is 24.5 Å². The molecule has 0 bridgehead atoms. The average molecular weight is 453 g/mol. The summed E-state index contributed by atoms with van der Waals surface area (Å²) >= 11 is 0. The van der Waals surface area contributed by atoms with E-state index in [9.17, 15) is 9.59 Å². The Labute approximate surface area is 199 Å². The molecule has 1 aromatic carbocycles. The van der Waals surface area contributed by atoms with E-state index in [-0.39, 0.29) is 23.7 Å².